The Morgan fingerprint density at radius 3 is 2.50 bits per heavy atom. The SMILES string of the molecule is N#CC(NS(=O)(=O)c1cc(Cl)c(Br)s1)c1ccccc1. The van der Waals surface area contributed by atoms with Crippen molar-refractivity contribution in [3.8, 4) is 6.07 Å². The summed E-state index contributed by atoms with van der Waals surface area (Å²) in [5.41, 5.74) is 0.584. The monoisotopic (exact) mass is 390 g/mol. The molecule has 1 atom stereocenters. The van der Waals surface area contributed by atoms with Crippen molar-refractivity contribution >= 4 is 48.9 Å². The van der Waals surface area contributed by atoms with Crippen molar-refractivity contribution < 1.29 is 8.42 Å². The third-order valence-corrected chi connectivity index (χ3v) is 6.79. The molecule has 1 heterocycles. The summed E-state index contributed by atoms with van der Waals surface area (Å²) < 4.78 is 27.4. The van der Waals surface area contributed by atoms with Crippen molar-refractivity contribution in [1.29, 1.82) is 5.26 Å². The van der Waals surface area contributed by atoms with Gasteiger partial charge in [-0.15, -0.1) is 11.3 Å². The van der Waals surface area contributed by atoms with E-state index in [0.717, 1.165) is 11.3 Å². The molecule has 1 aromatic heterocycles. The molecule has 0 aliphatic heterocycles. The van der Waals surface area contributed by atoms with Crippen LogP contribution in [0.5, 0.6) is 0 Å². The van der Waals surface area contributed by atoms with Crippen molar-refractivity contribution in [2.45, 2.75) is 10.3 Å². The van der Waals surface area contributed by atoms with Crippen LogP contribution in [-0.4, -0.2) is 8.42 Å². The van der Waals surface area contributed by atoms with Crippen LogP contribution < -0.4 is 4.72 Å². The molecule has 4 nitrogen and oxygen atoms in total. The van der Waals surface area contributed by atoms with Gasteiger partial charge in [-0.25, -0.2) is 8.42 Å². The highest BCUT2D eigenvalue weighted by atomic mass is 79.9. The predicted molar refractivity (Wildman–Crippen MR) is 82.1 cm³/mol. The average molecular weight is 392 g/mol. The second-order valence-corrected chi connectivity index (χ2v) is 8.50. The largest absolute Gasteiger partial charge is 0.251 e. The minimum absolute atomic E-state index is 0.0607. The van der Waals surface area contributed by atoms with Crippen molar-refractivity contribution in [2.24, 2.45) is 0 Å². The Kier molecular flexibility index (Phi) is 4.83. The summed E-state index contributed by atoms with van der Waals surface area (Å²) in [5, 5.41) is 9.46. The highest BCUT2D eigenvalue weighted by Crippen LogP contribution is 2.35. The molecule has 20 heavy (non-hydrogen) atoms. The van der Waals surface area contributed by atoms with E-state index < -0.39 is 16.1 Å². The summed E-state index contributed by atoms with van der Waals surface area (Å²) >= 11 is 9.99. The molecule has 0 spiro atoms. The lowest BCUT2D eigenvalue weighted by Gasteiger charge is -2.11. The molecule has 2 rings (SSSR count). The molecule has 0 bridgehead atoms. The van der Waals surface area contributed by atoms with Gasteiger partial charge in [-0.05, 0) is 27.6 Å². The van der Waals surface area contributed by atoms with Gasteiger partial charge in [-0.1, -0.05) is 41.9 Å². The van der Waals surface area contributed by atoms with E-state index in [-0.39, 0.29) is 4.21 Å². The number of halogens is 2. The quantitative estimate of drug-likeness (QED) is 0.863. The maximum absolute atomic E-state index is 12.2. The fraction of sp³-hybridized carbons (Fsp3) is 0.0833. The number of hydrogen-bond donors (Lipinski definition) is 1. The summed E-state index contributed by atoms with van der Waals surface area (Å²) in [7, 11) is -3.79. The average Bonchev–Trinajstić information content (AvgIpc) is 2.78. The zero-order chi connectivity index (χ0) is 14.8. The van der Waals surface area contributed by atoms with Crippen LogP contribution in [0.25, 0.3) is 0 Å². The molecule has 0 amide bonds. The Bertz CT molecular complexity index is 734. The Morgan fingerprint density at radius 2 is 2.00 bits per heavy atom. The molecule has 104 valence electrons. The van der Waals surface area contributed by atoms with Gasteiger partial charge in [0.1, 0.15) is 10.3 Å². The molecule has 1 N–H and O–H groups in total. The molecule has 0 aliphatic carbocycles. The van der Waals surface area contributed by atoms with E-state index in [9.17, 15) is 8.42 Å². The van der Waals surface area contributed by atoms with Crippen LogP contribution >= 0.6 is 38.9 Å². The molecule has 0 fully saturated rings. The van der Waals surface area contributed by atoms with Gasteiger partial charge in [0.05, 0.1) is 14.9 Å². The zero-order valence-corrected chi connectivity index (χ0v) is 13.9. The smallest absolute Gasteiger partial charge is 0.206 e. The molecular weight excluding hydrogens is 384 g/mol. The topological polar surface area (TPSA) is 70.0 Å². The van der Waals surface area contributed by atoms with Crippen molar-refractivity contribution in [3.63, 3.8) is 0 Å². The van der Waals surface area contributed by atoms with E-state index in [1.54, 1.807) is 30.3 Å². The number of thiophene rings is 1. The van der Waals surface area contributed by atoms with Crippen LogP contribution in [0.3, 0.4) is 0 Å². The van der Waals surface area contributed by atoms with E-state index >= 15 is 0 Å². The lowest BCUT2D eigenvalue weighted by atomic mass is 10.1. The Balaban J connectivity index is 2.30. The lowest BCUT2D eigenvalue weighted by molar-refractivity contribution is 0.577. The fourth-order valence-electron chi connectivity index (χ4n) is 1.49. The Morgan fingerprint density at radius 1 is 1.35 bits per heavy atom. The predicted octanol–water partition coefficient (Wildman–Crippen LogP) is 3.71. The van der Waals surface area contributed by atoms with Crippen molar-refractivity contribution in [2.75, 3.05) is 0 Å². The summed E-state index contributed by atoms with van der Waals surface area (Å²) in [5.74, 6) is 0. The molecule has 0 radical (unpaired) electrons. The van der Waals surface area contributed by atoms with Crippen LogP contribution in [0.15, 0.2) is 44.4 Å². The third-order valence-electron chi connectivity index (χ3n) is 2.42. The first-order chi connectivity index (χ1) is 9.44. The van der Waals surface area contributed by atoms with E-state index in [4.69, 9.17) is 16.9 Å². The standard InChI is InChI=1S/C12H8BrClN2O2S2/c13-12-9(14)6-11(19-12)20(17,18)16-10(7-15)8-4-2-1-3-5-8/h1-6,10,16H. The van der Waals surface area contributed by atoms with E-state index in [1.807, 2.05) is 6.07 Å². The third kappa shape index (κ3) is 3.40. The number of nitrogens with one attached hydrogen (secondary N) is 1. The molecule has 1 unspecified atom stereocenters. The number of rotatable bonds is 4. The molecule has 8 heteroatoms. The Labute approximate surface area is 134 Å². The Hall–Kier alpha value is -0.910. The summed E-state index contributed by atoms with van der Waals surface area (Å²) in [6, 6.07) is 11.0. The van der Waals surface area contributed by atoms with Crippen molar-refractivity contribution in [3.05, 3.63) is 50.8 Å². The van der Waals surface area contributed by atoms with Crippen LogP contribution in [0.2, 0.25) is 5.02 Å². The molecular formula is C12H8BrClN2O2S2. The first-order valence-electron chi connectivity index (χ1n) is 5.36. The number of hydrogen-bond acceptors (Lipinski definition) is 4. The van der Waals surface area contributed by atoms with Gasteiger partial charge in [0.25, 0.3) is 10.0 Å². The van der Waals surface area contributed by atoms with Crippen LogP contribution in [0.4, 0.5) is 0 Å². The number of benzene rings is 1. The van der Waals surface area contributed by atoms with Gasteiger partial charge in [0.2, 0.25) is 0 Å². The maximum atomic E-state index is 12.2. The minimum atomic E-state index is -3.79. The number of nitrogens with zero attached hydrogens (tertiary/aromatic N) is 1. The highest BCUT2D eigenvalue weighted by Gasteiger charge is 2.23. The molecule has 2 aromatic rings. The van der Waals surface area contributed by atoms with Gasteiger partial charge in [0.15, 0.2) is 0 Å². The number of sulfonamides is 1. The summed E-state index contributed by atoms with van der Waals surface area (Å²) in [6.07, 6.45) is 0. The second kappa shape index (κ2) is 6.24. The molecule has 0 saturated carbocycles. The molecule has 0 aliphatic rings. The lowest BCUT2D eigenvalue weighted by Crippen LogP contribution is -2.27. The first kappa shape index (κ1) is 15.5. The van der Waals surface area contributed by atoms with E-state index in [2.05, 4.69) is 20.7 Å². The minimum Gasteiger partial charge on any atom is -0.206 e. The fourth-order valence-corrected chi connectivity index (χ4v) is 5.03. The molecule has 1 aromatic carbocycles. The second-order valence-electron chi connectivity index (χ2n) is 3.78. The van der Waals surface area contributed by atoms with Crippen LogP contribution in [0, 0.1) is 11.3 Å². The van der Waals surface area contributed by atoms with Gasteiger partial charge < -0.3 is 0 Å². The zero-order valence-electron chi connectivity index (χ0n) is 9.88. The van der Waals surface area contributed by atoms with E-state index in [0.29, 0.717) is 14.4 Å². The highest BCUT2D eigenvalue weighted by molar-refractivity contribution is 9.11. The summed E-state index contributed by atoms with van der Waals surface area (Å²) in [6.45, 7) is 0. The van der Waals surface area contributed by atoms with Gasteiger partial charge in [-0.2, -0.15) is 9.98 Å². The normalized spacial score (nSPS) is 12.8. The van der Waals surface area contributed by atoms with Crippen LogP contribution in [0.1, 0.15) is 11.6 Å². The van der Waals surface area contributed by atoms with E-state index in [1.165, 1.54) is 6.07 Å². The maximum Gasteiger partial charge on any atom is 0.251 e. The van der Waals surface area contributed by atoms with Crippen molar-refractivity contribution in [1.82, 2.24) is 4.72 Å². The number of nitriles is 1. The van der Waals surface area contributed by atoms with Gasteiger partial charge in [0, 0.05) is 0 Å². The first-order valence-corrected chi connectivity index (χ1v) is 8.83. The summed E-state index contributed by atoms with van der Waals surface area (Å²) in [4.78, 5) is 0. The van der Waals surface area contributed by atoms with Crippen LogP contribution in [-0.2, 0) is 10.0 Å². The molecule has 0 saturated heterocycles. The van der Waals surface area contributed by atoms with Gasteiger partial charge >= 0.3 is 0 Å². The van der Waals surface area contributed by atoms with Gasteiger partial charge in [-0.3, -0.25) is 0 Å².